The first-order valence-electron chi connectivity index (χ1n) is 5.27. The standard InChI is InChI=1S/C7H6FNO.C3H8.C2H3F3/c8-6-1-3-7(4-2-6)9-5-10;1-3-2;1-2(3,4)5/h1-5H,(H,9,10);3H2,1-2H3;1H3. The van der Waals surface area contributed by atoms with E-state index < -0.39 is 6.18 Å². The number of alkyl halides is 3. The predicted octanol–water partition coefficient (Wildman–Crippen LogP) is 4.38. The largest absolute Gasteiger partial charge is 0.386 e. The zero-order chi connectivity index (χ0) is 14.6. The van der Waals surface area contributed by atoms with Crippen molar-refractivity contribution in [1.29, 1.82) is 0 Å². The molecule has 0 unspecified atom stereocenters. The molecule has 104 valence electrons. The Labute approximate surface area is 104 Å². The van der Waals surface area contributed by atoms with Gasteiger partial charge in [0.1, 0.15) is 5.82 Å². The summed E-state index contributed by atoms with van der Waals surface area (Å²) in [6.45, 7) is 4.44. The van der Waals surface area contributed by atoms with E-state index in [9.17, 15) is 22.4 Å². The van der Waals surface area contributed by atoms with Gasteiger partial charge < -0.3 is 5.32 Å². The summed E-state index contributed by atoms with van der Waals surface area (Å²) in [5.41, 5.74) is 0.594. The average molecular weight is 267 g/mol. The molecule has 1 aromatic carbocycles. The van der Waals surface area contributed by atoms with Crippen molar-refractivity contribution in [1.82, 2.24) is 0 Å². The highest BCUT2D eigenvalue weighted by Gasteiger charge is 2.15. The molecule has 1 aromatic rings. The van der Waals surface area contributed by atoms with Crippen LogP contribution in [0.4, 0.5) is 23.2 Å². The van der Waals surface area contributed by atoms with Crippen LogP contribution in [0.1, 0.15) is 27.2 Å². The molecular formula is C12H17F4NO. The van der Waals surface area contributed by atoms with Crippen LogP contribution < -0.4 is 5.32 Å². The van der Waals surface area contributed by atoms with Crippen LogP contribution in [0.15, 0.2) is 24.3 Å². The molecule has 0 atom stereocenters. The number of halogens is 4. The summed E-state index contributed by atoms with van der Waals surface area (Å²) in [6, 6.07) is 5.55. The second-order valence-corrected chi connectivity index (χ2v) is 3.26. The van der Waals surface area contributed by atoms with Crippen LogP contribution in [0.3, 0.4) is 0 Å². The number of amides is 1. The zero-order valence-corrected chi connectivity index (χ0v) is 10.5. The summed E-state index contributed by atoms with van der Waals surface area (Å²) in [6.07, 6.45) is -2.20. The molecule has 18 heavy (non-hydrogen) atoms. The second-order valence-electron chi connectivity index (χ2n) is 3.26. The average Bonchev–Trinajstić information content (AvgIpc) is 2.20. The molecule has 0 bridgehead atoms. The molecular weight excluding hydrogens is 250 g/mol. The summed E-state index contributed by atoms with van der Waals surface area (Å²) in [5, 5.41) is 2.39. The van der Waals surface area contributed by atoms with Crippen molar-refractivity contribution in [2.45, 2.75) is 33.4 Å². The number of benzene rings is 1. The molecule has 0 radical (unpaired) electrons. The Morgan fingerprint density at radius 3 is 1.78 bits per heavy atom. The molecule has 6 heteroatoms. The molecule has 1 rings (SSSR count). The van der Waals surface area contributed by atoms with Crippen molar-refractivity contribution in [2.75, 3.05) is 5.32 Å². The number of hydrogen-bond donors (Lipinski definition) is 1. The van der Waals surface area contributed by atoms with Crippen LogP contribution >= 0.6 is 0 Å². The number of anilines is 1. The number of hydrogen-bond acceptors (Lipinski definition) is 1. The smallest absolute Gasteiger partial charge is 0.329 e. The lowest BCUT2D eigenvalue weighted by Crippen LogP contribution is -1.95. The van der Waals surface area contributed by atoms with E-state index >= 15 is 0 Å². The summed E-state index contributed by atoms with van der Waals surface area (Å²) in [4.78, 5) is 9.85. The number of carbonyl (C=O) groups is 1. The number of rotatable bonds is 2. The van der Waals surface area contributed by atoms with Gasteiger partial charge in [-0.15, -0.1) is 0 Å². The van der Waals surface area contributed by atoms with Crippen LogP contribution in [0.25, 0.3) is 0 Å². The van der Waals surface area contributed by atoms with Crippen molar-refractivity contribution in [3.63, 3.8) is 0 Å². The molecule has 0 fully saturated rings. The van der Waals surface area contributed by atoms with Crippen molar-refractivity contribution in [3.8, 4) is 0 Å². The van der Waals surface area contributed by atoms with Gasteiger partial charge in [0, 0.05) is 12.6 Å². The topological polar surface area (TPSA) is 29.1 Å². The van der Waals surface area contributed by atoms with Gasteiger partial charge in [-0.05, 0) is 24.3 Å². The van der Waals surface area contributed by atoms with E-state index in [1.807, 2.05) is 0 Å². The SMILES string of the molecule is CC(F)(F)F.CCC.O=CNc1ccc(F)cc1. The van der Waals surface area contributed by atoms with E-state index in [4.69, 9.17) is 0 Å². The van der Waals surface area contributed by atoms with Gasteiger partial charge in [0.2, 0.25) is 6.41 Å². The van der Waals surface area contributed by atoms with Gasteiger partial charge >= 0.3 is 6.18 Å². The number of nitrogens with one attached hydrogen (secondary N) is 1. The highest BCUT2D eigenvalue weighted by Crippen LogP contribution is 2.10. The normalized spacial score (nSPS) is 9.28. The third kappa shape index (κ3) is 19.9. The molecule has 0 aliphatic carbocycles. The molecule has 0 saturated carbocycles. The minimum absolute atomic E-state index is 0.188. The van der Waals surface area contributed by atoms with Gasteiger partial charge in [-0.3, -0.25) is 4.79 Å². The Bertz CT molecular complexity index is 303. The van der Waals surface area contributed by atoms with Crippen molar-refractivity contribution in [3.05, 3.63) is 30.1 Å². The summed E-state index contributed by atoms with van der Waals surface area (Å²) in [7, 11) is 0. The first-order valence-corrected chi connectivity index (χ1v) is 5.27. The van der Waals surface area contributed by atoms with Gasteiger partial charge in [0.15, 0.2) is 0 Å². The molecule has 1 amide bonds. The summed E-state index contributed by atoms with van der Waals surface area (Å²) >= 11 is 0. The van der Waals surface area contributed by atoms with Gasteiger partial charge in [0.05, 0.1) is 0 Å². The lowest BCUT2D eigenvalue weighted by molar-refractivity contribution is -0.110. The highest BCUT2D eigenvalue weighted by molar-refractivity contribution is 5.70. The Hall–Kier alpha value is -1.59. The fraction of sp³-hybridized carbons (Fsp3) is 0.417. The maximum absolute atomic E-state index is 12.2. The van der Waals surface area contributed by atoms with Gasteiger partial charge in [-0.1, -0.05) is 20.3 Å². The van der Waals surface area contributed by atoms with Crippen molar-refractivity contribution >= 4 is 12.1 Å². The lowest BCUT2D eigenvalue weighted by Gasteiger charge is -1.94. The fourth-order valence-corrected chi connectivity index (χ4v) is 0.614. The molecule has 0 aliphatic rings. The molecule has 0 aromatic heterocycles. The Kier molecular flexibility index (Phi) is 11.0. The van der Waals surface area contributed by atoms with E-state index in [0.29, 0.717) is 12.1 Å². The van der Waals surface area contributed by atoms with Gasteiger partial charge in [-0.25, -0.2) is 4.39 Å². The van der Waals surface area contributed by atoms with Crippen LogP contribution in [0, 0.1) is 5.82 Å². The summed E-state index contributed by atoms with van der Waals surface area (Å²) in [5.74, 6) is -0.309. The maximum Gasteiger partial charge on any atom is 0.386 e. The summed E-state index contributed by atoms with van der Waals surface area (Å²) < 4.78 is 43.3. The molecule has 0 heterocycles. The number of carbonyl (C=O) groups excluding carboxylic acids is 1. The minimum atomic E-state index is -4.00. The first kappa shape index (κ1) is 18.8. The second kappa shape index (κ2) is 10.6. The van der Waals surface area contributed by atoms with E-state index in [1.165, 1.54) is 30.7 Å². The zero-order valence-electron chi connectivity index (χ0n) is 10.5. The van der Waals surface area contributed by atoms with Crippen molar-refractivity contribution < 1.29 is 22.4 Å². The fourth-order valence-electron chi connectivity index (χ4n) is 0.614. The Morgan fingerprint density at radius 1 is 1.17 bits per heavy atom. The predicted molar refractivity (Wildman–Crippen MR) is 63.8 cm³/mol. The lowest BCUT2D eigenvalue weighted by atomic mass is 10.3. The van der Waals surface area contributed by atoms with E-state index in [0.717, 1.165) is 0 Å². The third-order valence-electron chi connectivity index (χ3n) is 1.07. The van der Waals surface area contributed by atoms with E-state index in [1.54, 1.807) is 0 Å². The van der Waals surface area contributed by atoms with Crippen LogP contribution in [-0.4, -0.2) is 12.6 Å². The van der Waals surface area contributed by atoms with Gasteiger partial charge in [0.25, 0.3) is 0 Å². The van der Waals surface area contributed by atoms with Crippen LogP contribution in [0.2, 0.25) is 0 Å². The van der Waals surface area contributed by atoms with E-state index in [2.05, 4.69) is 19.2 Å². The van der Waals surface area contributed by atoms with E-state index in [-0.39, 0.29) is 12.7 Å². The van der Waals surface area contributed by atoms with Gasteiger partial charge in [-0.2, -0.15) is 13.2 Å². The minimum Gasteiger partial charge on any atom is -0.329 e. The highest BCUT2D eigenvalue weighted by atomic mass is 19.4. The molecule has 2 nitrogen and oxygen atoms in total. The van der Waals surface area contributed by atoms with Crippen LogP contribution in [0.5, 0.6) is 0 Å². The quantitative estimate of drug-likeness (QED) is 0.625. The monoisotopic (exact) mass is 267 g/mol. The molecule has 1 N–H and O–H groups in total. The molecule has 0 aliphatic heterocycles. The first-order chi connectivity index (χ1) is 8.24. The Balaban J connectivity index is 0. The molecule has 0 spiro atoms. The van der Waals surface area contributed by atoms with Crippen LogP contribution in [-0.2, 0) is 4.79 Å². The maximum atomic E-state index is 12.2. The molecule has 0 saturated heterocycles. The third-order valence-corrected chi connectivity index (χ3v) is 1.07. The van der Waals surface area contributed by atoms with Crippen molar-refractivity contribution in [2.24, 2.45) is 0 Å². The Morgan fingerprint density at radius 2 is 1.50 bits per heavy atom.